The number of benzene rings is 1. The van der Waals surface area contributed by atoms with Gasteiger partial charge in [-0.05, 0) is 19.4 Å². The molecule has 2 aromatic rings. The minimum Gasteiger partial charge on any atom is -0.383 e. The Labute approximate surface area is 124 Å². The zero-order chi connectivity index (χ0) is 15.0. The summed E-state index contributed by atoms with van der Waals surface area (Å²) in [7, 11) is -3.36. The predicted molar refractivity (Wildman–Crippen MR) is 84.1 cm³/mol. The molecule has 2 N–H and O–H groups in total. The van der Waals surface area contributed by atoms with Crippen LogP contribution in [0.2, 0.25) is 0 Å². The number of para-hydroxylation sites is 1. The number of fused-ring (bicyclic) bond motifs is 1. The van der Waals surface area contributed by atoms with Crippen LogP contribution in [0, 0.1) is 0 Å². The van der Waals surface area contributed by atoms with E-state index in [0.29, 0.717) is 6.04 Å². The number of nitrogens with zero attached hydrogens (tertiary/aromatic N) is 2. The van der Waals surface area contributed by atoms with Gasteiger partial charge in [0.2, 0.25) is 0 Å². The zero-order valence-corrected chi connectivity index (χ0v) is 12.8. The summed E-state index contributed by atoms with van der Waals surface area (Å²) in [5.41, 5.74) is 3.75. The molecule has 1 aromatic carbocycles. The van der Waals surface area contributed by atoms with Crippen LogP contribution in [0.15, 0.2) is 30.6 Å². The summed E-state index contributed by atoms with van der Waals surface area (Å²) in [6.07, 6.45) is 5.28. The topological polar surface area (TPSA) is 76.0 Å². The Bertz CT molecular complexity index is 767. The molecule has 0 saturated carbocycles. The summed E-state index contributed by atoms with van der Waals surface area (Å²) in [4.78, 5) is 0. The lowest BCUT2D eigenvalue weighted by molar-refractivity contribution is 0.586. The fourth-order valence-corrected chi connectivity index (χ4v) is 2.99. The lowest BCUT2D eigenvalue weighted by Gasteiger charge is -2.16. The fraction of sp³-hybridized carbons (Fsp3) is 0.357. The van der Waals surface area contributed by atoms with Crippen molar-refractivity contribution in [1.82, 2.24) is 9.19 Å². The van der Waals surface area contributed by atoms with Gasteiger partial charge in [0, 0.05) is 23.7 Å². The van der Waals surface area contributed by atoms with E-state index in [1.54, 1.807) is 12.4 Å². The van der Waals surface area contributed by atoms with Crippen molar-refractivity contribution in [2.75, 3.05) is 23.4 Å². The van der Waals surface area contributed by atoms with E-state index < -0.39 is 10.0 Å². The first kappa shape index (κ1) is 13.9. The van der Waals surface area contributed by atoms with Crippen molar-refractivity contribution < 1.29 is 8.42 Å². The Morgan fingerprint density at radius 1 is 1.38 bits per heavy atom. The number of aromatic nitrogens is 2. The smallest absolute Gasteiger partial charge is 0.250 e. The van der Waals surface area contributed by atoms with Crippen molar-refractivity contribution in [3.63, 3.8) is 0 Å². The van der Waals surface area contributed by atoms with E-state index in [9.17, 15) is 8.42 Å². The highest BCUT2D eigenvalue weighted by Gasteiger charge is 2.17. The number of hydrogen-bond acceptors (Lipinski definition) is 5. The average Bonchev–Trinajstić information content (AvgIpc) is 2.82. The molecule has 1 aliphatic rings. The summed E-state index contributed by atoms with van der Waals surface area (Å²) in [5, 5.41) is 10.8. The molecule has 6 nitrogen and oxygen atoms in total. The van der Waals surface area contributed by atoms with Gasteiger partial charge < -0.3 is 10.6 Å². The van der Waals surface area contributed by atoms with Crippen molar-refractivity contribution in [2.45, 2.75) is 19.4 Å². The molecular formula is C14H18N4O2S. The fourth-order valence-electron chi connectivity index (χ4n) is 2.46. The highest BCUT2D eigenvalue weighted by Crippen LogP contribution is 2.36. The van der Waals surface area contributed by atoms with Crippen molar-refractivity contribution >= 4 is 21.4 Å². The van der Waals surface area contributed by atoms with E-state index in [0.717, 1.165) is 45.8 Å². The molecule has 21 heavy (non-hydrogen) atoms. The normalized spacial score (nSPS) is 18.3. The van der Waals surface area contributed by atoms with Crippen LogP contribution in [0.4, 0.5) is 11.4 Å². The van der Waals surface area contributed by atoms with Crippen LogP contribution in [0.1, 0.15) is 13.3 Å². The Morgan fingerprint density at radius 3 is 2.90 bits per heavy atom. The molecule has 112 valence electrons. The van der Waals surface area contributed by atoms with E-state index >= 15 is 0 Å². The van der Waals surface area contributed by atoms with Crippen molar-refractivity contribution in [3.8, 4) is 11.1 Å². The minimum absolute atomic E-state index is 0.352. The Balaban J connectivity index is 2.09. The van der Waals surface area contributed by atoms with Gasteiger partial charge in [-0.1, -0.05) is 12.1 Å². The lowest BCUT2D eigenvalue weighted by atomic mass is 10.1. The second-order valence-electron chi connectivity index (χ2n) is 5.35. The van der Waals surface area contributed by atoms with Crippen LogP contribution in [0.3, 0.4) is 0 Å². The molecule has 0 radical (unpaired) electrons. The van der Waals surface area contributed by atoms with Gasteiger partial charge in [0.15, 0.2) is 0 Å². The second-order valence-corrected chi connectivity index (χ2v) is 7.19. The maximum atomic E-state index is 11.5. The molecule has 1 aromatic heterocycles. The molecular weight excluding hydrogens is 288 g/mol. The van der Waals surface area contributed by atoms with Gasteiger partial charge in [0.05, 0.1) is 30.0 Å². The first-order valence-corrected chi connectivity index (χ1v) is 8.69. The zero-order valence-electron chi connectivity index (χ0n) is 12.0. The quantitative estimate of drug-likeness (QED) is 0.887. The SMILES string of the molecule is C[C@@H]1CCNc2cccc(-c3cnn(S(C)(=O)=O)c3)c2N1. The Kier molecular flexibility index (Phi) is 3.36. The largest absolute Gasteiger partial charge is 0.383 e. The van der Waals surface area contributed by atoms with Gasteiger partial charge in [0.1, 0.15) is 0 Å². The minimum atomic E-state index is -3.36. The summed E-state index contributed by atoms with van der Waals surface area (Å²) in [6.45, 7) is 3.04. The standard InChI is InChI=1S/C14H18N4O2S/c1-10-6-7-15-13-5-3-4-12(14(13)17-10)11-8-16-18(9-11)21(2,19)20/h3-5,8-10,15,17H,6-7H2,1-2H3/t10-/m1/s1. The van der Waals surface area contributed by atoms with Crippen LogP contribution in [-0.2, 0) is 10.0 Å². The number of rotatable bonds is 2. The maximum absolute atomic E-state index is 11.5. The lowest BCUT2D eigenvalue weighted by Crippen LogP contribution is -2.15. The third-order valence-corrected chi connectivity index (χ3v) is 4.44. The van der Waals surface area contributed by atoms with E-state index in [2.05, 4.69) is 22.7 Å². The molecule has 3 rings (SSSR count). The monoisotopic (exact) mass is 306 g/mol. The number of anilines is 2. The highest BCUT2D eigenvalue weighted by molar-refractivity contribution is 7.89. The molecule has 0 saturated heterocycles. The molecule has 1 atom stereocenters. The van der Waals surface area contributed by atoms with Crippen LogP contribution in [0.25, 0.3) is 11.1 Å². The van der Waals surface area contributed by atoms with Crippen molar-refractivity contribution in [3.05, 3.63) is 30.6 Å². The predicted octanol–water partition coefficient (Wildman–Crippen LogP) is 1.97. The van der Waals surface area contributed by atoms with Crippen molar-refractivity contribution in [2.24, 2.45) is 0 Å². The van der Waals surface area contributed by atoms with E-state index in [-0.39, 0.29) is 0 Å². The Hall–Kier alpha value is -2.02. The highest BCUT2D eigenvalue weighted by atomic mass is 32.2. The van der Waals surface area contributed by atoms with Gasteiger partial charge in [-0.2, -0.15) is 9.19 Å². The molecule has 0 bridgehead atoms. The van der Waals surface area contributed by atoms with Gasteiger partial charge in [-0.3, -0.25) is 0 Å². The van der Waals surface area contributed by atoms with Crippen LogP contribution < -0.4 is 10.6 Å². The average molecular weight is 306 g/mol. The summed E-state index contributed by atoms with van der Waals surface area (Å²) >= 11 is 0. The second kappa shape index (κ2) is 5.07. The van der Waals surface area contributed by atoms with Gasteiger partial charge in [-0.15, -0.1) is 0 Å². The molecule has 0 amide bonds. The maximum Gasteiger partial charge on any atom is 0.250 e. The summed E-state index contributed by atoms with van der Waals surface area (Å²) in [6, 6.07) is 6.29. The third-order valence-electron chi connectivity index (χ3n) is 3.56. The van der Waals surface area contributed by atoms with E-state index in [1.165, 1.54) is 0 Å². The molecule has 0 unspecified atom stereocenters. The molecule has 0 spiro atoms. The summed E-state index contributed by atoms with van der Waals surface area (Å²) < 4.78 is 24.1. The first-order chi connectivity index (χ1) is 9.95. The molecule has 1 aliphatic heterocycles. The molecule has 0 aliphatic carbocycles. The number of hydrogen-bond donors (Lipinski definition) is 2. The van der Waals surface area contributed by atoms with E-state index in [1.807, 2.05) is 18.2 Å². The van der Waals surface area contributed by atoms with Gasteiger partial charge >= 0.3 is 0 Å². The number of nitrogens with one attached hydrogen (secondary N) is 2. The van der Waals surface area contributed by atoms with Crippen molar-refractivity contribution in [1.29, 1.82) is 0 Å². The molecule has 0 fully saturated rings. The summed E-state index contributed by atoms with van der Waals surface area (Å²) in [5.74, 6) is 0. The van der Waals surface area contributed by atoms with Gasteiger partial charge in [0.25, 0.3) is 10.0 Å². The third kappa shape index (κ3) is 2.73. The first-order valence-electron chi connectivity index (χ1n) is 6.84. The van der Waals surface area contributed by atoms with Gasteiger partial charge in [-0.25, -0.2) is 8.42 Å². The molecule has 7 heteroatoms. The van der Waals surface area contributed by atoms with E-state index in [4.69, 9.17) is 0 Å². The van der Waals surface area contributed by atoms with Crippen LogP contribution in [0.5, 0.6) is 0 Å². The van der Waals surface area contributed by atoms with Crippen LogP contribution >= 0.6 is 0 Å². The van der Waals surface area contributed by atoms with Crippen LogP contribution in [-0.4, -0.2) is 36.4 Å². The Morgan fingerprint density at radius 2 is 2.19 bits per heavy atom. The molecule has 2 heterocycles.